The average Bonchev–Trinajstić information content (AvgIpc) is 2.48. The highest BCUT2D eigenvalue weighted by Gasteiger charge is 2.18. The topological polar surface area (TPSA) is 66.4 Å². The Morgan fingerprint density at radius 2 is 1.81 bits per heavy atom. The van der Waals surface area contributed by atoms with E-state index in [9.17, 15) is 12.8 Å². The van der Waals surface area contributed by atoms with Gasteiger partial charge in [0.15, 0.2) is 0 Å². The summed E-state index contributed by atoms with van der Waals surface area (Å²) in [5.41, 5.74) is 1.17. The van der Waals surface area contributed by atoms with Crippen LogP contribution in [0.3, 0.4) is 0 Å². The van der Waals surface area contributed by atoms with Gasteiger partial charge in [0.2, 0.25) is 10.0 Å². The van der Waals surface area contributed by atoms with E-state index in [4.69, 9.17) is 5.11 Å². The van der Waals surface area contributed by atoms with Gasteiger partial charge in [-0.1, -0.05) is 36.4 Å². The molecule has 2 N–H and O–H groups in total. The van der Waals surface area contributed by atoms with Crippen molar-refractivity contribution in [3.05, 3.63) is 65.5 Å². The Bertz CT molecular complexity index is 702. The lowest BCUT2D eigenvalue weighted by Crippen LogP contribution is -2.27. The van der Waals surface area contributed by atoms with Crippen LogP contribution < -0.4 is 4.72 Å². The summed E-state index contributed by atoms with van der Waals surface area (Å²) in [7, 11) is -3.85. The van der Waals surface area contributed by atoms with Gasteiger partial charge in [0.05, 0.1) is 11.5 Å². The number of aliphatic hydroxyl groups excluding tert-OH is 1. The molecule has 0 heterocycles. The van der Waals surface area contributed by atoms with Crippen LogP contribution in [0.25, 0.3) is 0 Å². The zero-order valence-corrected chi connectivity index (χ0v) is 12.1. The van der Waals surface area contributed by atoms with Gasteiger partial charge in [-0.15, -0.1) is 0 Å². The van der Waals surface area contributed by atoms with Gasteiger partial charge in [0, 0.05) is 6.54 Å². The fourth-order valence-electron chi connectivity index (χ4n) is 1.96. The molecule has 0 bridgehead atoms. The van der Waals surface area contributed by atoms with Crippen LogP contribution in [0, 0.1) is 5.82 Å². The van der Waals surface area contributed by atoms with Crippen molar-refractivity contribution in [3.8, 4) is 0 Å². The molecule has 0 saturated heterocycles. The lowest BCUT2D eigenvalue weighted by Gasteiger charge is -2.10. The van der Waals surface area contributed by atoms with Crippen molar-refractivity contribution >= 4 is 10.0 Å². The fraction of sp³-hybridized carbons (Fsp3) is 0.200. The summed E-state index contributed by atoms with van der Waals surface area (Å²) in [4.78, 5) is -0.224. The van der Waals surface area contributed by atoms with Crippen LogP contribution in [0.4, 0.5) is 4.39 Å². The third kappa shape index (κ3) is 4.10. The Morgan fingerprint density at radius 1 is 1.10 bits per heavy atom. The first-order chi connectivity index (χ1) is 10.0. The molecule has 2 aromatic carbocycles. The molecule has 0 radical (unpaired) electrons. The second-order valence-corrected chi connectivity index (χ2v) is 6.28. The molecule has 4 nitrogen and oxygen atoms in total. The van der Waals surface area contributed by atoms with Crippen molar-refractivity contribution in [1.29, 1.82) is 0 Å². The molecule has 0 aliphatic rings. The lowest BCUT2D eigenvalue weighted by molar-refractivity contribution is 0.278. The second-order valence-electron chi connectivity index (χ2n) is 4.54. The summed E-state index contributed by atoms with van der Waals surface area (Å²) in [5.74, 6) is -0.657. The first-order valence-corrected chi connectivity index (χ1v) is 7.94. The van der Waals surface area contributed by atoms with Gasteiger partial charge in [0.25, 0.3) is 0 Å². The van der Waals surface area contributed by atoms with E-state index in [0.717, 1.165) is 17.7 Å². The van der Waals surface area contributed by atoms with Crippen molar-refractivity contribution in [1.82, 2.24) is 4.72 Å². The van der Waals surface area contributed by atoms with Gasteiger partial charge < -0.3 is 5.11 Å². The molecule has 21 heavy (non-hydrogen) atoms. The zero-order chi connectivity index (χ0) is 15.3. The van der Waals surface area contributed by atoms with Gasteiger partial charge in [-0.2, -0.15) is 0 Å². The van der Waals surface area contributed by atoms with Crippen LogP contribution in [0.1, 0.15) is 11.1 Å². The van der Waals surface area contributed by atoms with Crippen molar-refractivity contribution < 1.29 is 17.9 Å². The van der Waals surface area contributed by atoms with Crippen molar-refractivity contribution in [2.75, 3.05) is 6.54 Å². The van der Waals surface area contributed by atoms with E-state index >= 15 is 0 Å². The van der Waals surface area contributed by atoms with E-state index in [-0.39, 0.29) is 17.0 Å². The number of rotatable bonds is 6. The van der Waals surface area contributed by atoms with E-state index in [2.05, 4.69) is 4.72 Å². The van der Waals surface area contributed by atoms with E-state index in [0.29, 0.717) is 6.42 Å². The zero-order valence-electron chi connectivity index (χ0n) is 11.3. The maximum absolute atomic E-state index is 13.2. The van der Waals surface area contributed by atoms with Gasteiger partial charge in [-0.3, -0.25) is 0 Å². The summed E-state index contributed by atoms with van der Waals surface area (Å²) in [5, 5.41) is 9.16. The Hall–Kier alpha value is -1.76. The molecule has 0 aliphatic heterocycles. The van der Waals surface area contributed by atoms with Crippen LogP contribution in [-0.4, -0.2) is 20.1 Å². The van der Waals surface area contributed by atoms with Gasteiger partial charge in [-0.25, -0.2) is 17.5 Å². The molecule has 0 aromatic heterocycles. The minimum atomic E-state index is -3.85. The number of aliphatic hydroxyl groups is 1. The first-order valence-electron chi connectivity index (χ1n) is 6.46. The average molecular weight is 309 g/mol. The predicted molar refractivity (Wildman–Crippen MR) is 77.7 cm³/mol. The number of halogens is 1. The molecule has 0 aliphatic carbocycles. The van der Waals surface area contributed by atoms with E-state index in [1.165, 1.54) is 6.07 Å². The van der Waals surface area contributed by atoms with E-state index < -0.39 is 22.4 Å². The van der Waals surface area contributed by atoms with Crippen LogP contribution in [-0.2, 0) is 23.1 Å². The first kappa shape index (κ1) is 15.6. The number of benzene rings is 2. The van der Waals surface area contributed by atoms with Crippen LogP contribution in [0.5, 0.6) is 0 Å². The molecule has 112 valence electrons. The van der Waals surface area contributed by atoms with Crippen molar-refractivity contribution in [2.24, 2.45) is 0 Å². The molecular weight excluding hydrogens is 293 g/mol. The fourth-order valence-corrected chi connectivity index (χ4v) is 3.23. The molecule has 0 atom stereocenters. The molecule has 2 rings (SSSR count). The summed E-state index contributed by atoms with van der Waals surface area (Å²) in [6, 6.07) is 12.7. The maximum atomic E-state index is 13.2. The summed E-state index contributed by atoms with van der Waals surface area (Å²) >= 11 is 0. The lowest BCUT2D eigenvalue weighted by atomic mass is 10.2. The highest BCUT2D eigenvalue weighted by Crippen LogP contribution is 2.17. The molecular formula is C15H16FNO3S. The number of hydrogen-bond acceptors (Lipinski definition) is 3. The van der Waals surface area contributed by atoms with Crippen LogP contribution >= 0.6 is 0 Å². The van der Waals surface area contributed by atoms with Crippen molar-refractivity contribution in [2.45, 2.75) is 17.9 Å². The molecule has 2 aromatic rings. The monoisotopic (exact) mass is 309 g/mol. The summed E-state index contributed by atoms with van der Waals surface area (Å²) in [6.45, 7) is -0.261. The van der Waals surface area contributed by atoms with Crippen LogP contribution in [0.15, 0.2) is 53.4 Å². The quantitative estimate of drug-likeness (QED) is 0.855. The Labute approximate surface area is 123 Å². The summed E-state index contributed by atoms with van der Waals surface area (Å²) < 4.78 is 40.0. The van der Waals surface area contributed by atoms with E-state index in [1.807, 2.05) is 30.3 Å². The highest BCUT2D eigenvalue weighted by molar-refractivity contribution is 7.89. The molecule has 0 amide bonds. The molecule has 0 spiro atoms. The van der Waals surface area contributed by atoms with Crippen LogP contribution in [0.2, 0.25) is 0 Å². The van der Waals surface area contributed by atoms with Gasteiger partial charge in [-0.05, 0) is 29.7 Å². The number of hydrogen-bond donors (Lipinski definition) is 2. The van der Waals surface area contributed by atoms with Gasteiger partial charge in [0.1, 0.15) is 5.82 Å². The molecule has 0 fully saturated rings. The summed E-state index contributed by atoms with van der Waals surface area (Å²) in [6.07, 6.45) is 0.532. The van der Waals surface area contributed by atoms with E-state index in [1.54, 1.807) is 0 Å². The third-order valence-corrected chi connectivity index (χ3v) is 4.58. The van der Waals surface area contributed by atoms with Crippen molar-refractivity contribution in [3.63, 3.8) is 0 Å². The molecule has 0 saturated carbocycles. The molecule has 0 unspecified atom stereocenters. The highest BCUT2D eigenvalue weighted by atomic mass is 32.2. The smallest absolute Gasteiger partial charge is 0.241 e. The predicted octanol–water partition coefficient (Wildman–Crippen LogP) is 1.84. The second kappa shape index (κ2) is 6.80. The largest absolute Gasteiger partial charge is 0.392 e. The standard InChI is InChI=1S/C15H16FNO3S/c16-14-7-6-13(11-18)15(10-14)21(19,20)17-9-8-12-4-2-1-3-5-12/h1-7,10,17-18H,8-9,11H2. The van der Waals surface area contributed by atoms with Gasteiger partial charge >= 0.3 is 0 Å². The Morgan fingerprint density at radius 3 is 2.48 bits per heavy atom. The normalized spacial score (nSPS) is 11.5. The Kier molecular flexibility index (Phi) is 5.06. The maximum Gasteiger partial charge on any atom is 0.241 e. The number of sulfonamides is 1. The minimum absolute atomic E-state index is 0.170. The SMILES string of the molecule is O=S(=O)(NCCc1ccccc1)c1cc(F)ccc1CO. The molecule has 6 heteroatoms. The third-order valence-electron chi connectivity index (χ3n) is 3.04. The Balaban J connectivity index is 2.10. The minimum Gasteiger partial charge on any atom is -0.392 e. The number of nitrogens with one attached hydrogen (secondary N) is 1.